The molecule has 3 nitrogen and oxygen atoms in total. The average Bonchev–Trinajstić information content (AvgIpc) is 2.64. The molecule has 2 rings (SSSR count). The summed E-state index contributed by atoms with van der Waals surface area (Å²) in [6.07, 6.45) is 2.41. The Balaban J connectivity index is 2.16. The van der Waals surface area contributed by atoms with Gasteiger partial charge in [-0.05, 0) is 24.1 Å². The van der Waals surface area contributed by atoms with Crippen LogP contribution in [0.2, 0.25) is 0 Å². The van der Waals surface area contributed by atoms with Gasteiger partial charge in [-0.25, -0.2) is 4.90 Å². The van der Waals surface area contributed by atoms with E-state index in [0.717, 1.165) is 12.8 Å². The molecule has 0 saturated carbocycles. The number of carbonyl (C=O) groups excluding carboxylic acids is 2. The zero-order chi connectivity index (χ0) is 15.6. The highest BCUT2D eigenvalue weighted by Gasteiger charge is 2.41. The maximum absolute atomic E-state index is 12.5. The molecule has 0 bridgehead atoms. The molecule has 0 aliphatic carbocycles. The number of nitrogens with zero attached hydrogens (tertiary/aromatic N) is 1. The van der Waals surface area contributed by atoms with Crippen molar-refractivity contribution in [3.05, 3.63) is 29.8 Å². The molecule has 1 heterocycles. The lowest BCUT2D eigenvalue weighted by atomic mass is 10.1. The number of anilines is 1. The smallest absolute Gasteiger partial charge is 0.247 e. The van der Waals surface area contributed by atoms with E-state index in [1.165, 1.54) is 10.5 Å². The number of rotatable bonds is 4. The predicted molar refractivity (Wildman–Crippen MR) is 88.7 cm³/mol. The van der Waals surface area contributed by atoms with Gasteiger partial charge in [-0.15, -0.1) is 11.8 Å². The van der Waals surface area contributed by atoms with Crippen molar-refractivity contribution < 1.29 is 9.59 Å². The Labute approximate surface area is 131 Å². The molecule has 21 heavy (non-hydrogen) atoms. The summed E-state index contributed by atoms with van der Waals surface area (Å²) < 4.78 is -0.0262. The van der Waals surface area contributed by atoms with Gasteiger partial charge in [0.05, 0.1) is 10.9 Å². The summed E-state index contributed by atoms with van der Waals surface area (Å²) in [4.78, 5) is 26.0. The number of thioether (sulfide) groups is 1. The van der Waals surface area contributed by atoms with Crippen molar-refractivity contribution in [3.8, 4) is 0 Å². The van der Waals surface area contributed by atoms with Gasteiger partial charge in [0.15, 0.2) is 0 Å². The minimum Gasteiger partial charge on any atom is -0.274 e. The zero-order valence-electron chi connectivity index (χ0n) is 13.2. The third-order valence-corrected chi connectivity index (χ3v) is 4.69. The molecule has 0 aromatic heterocycles. The Bertz CT molecular complexity index is 531. The highest BCUT2D eigenvalue weighted by atomic mass is 32.2. The topological polar surface area (TPSA) is 37.4 Å². The minimum atomic E-state index is -0.257. The van der Waals surface area contributed by atoms with Crippen LogP contribution >= 0.6 is 11.8 Å². The van der Waals surface area contributed by atoms with E-state index in [0.29, 0.717) is 12.1 Å². The van der Waals surface area contributed by atoms with E-state index in [1.54, 1.807) is 11.8 Å². The monoisotopic (exact) mass is 305 g/mol. The number of benzene rings is 1. The maximum Gasteiger partial charge on any atom is 0.247 e. The average molecular weight is 305 g/mol. The second kappa shape index (κ2) is 6.22. The Hall–Kier alpha value is -1.29. The van der Waals surface area contributed by atoms with Crippen LogP contribution in [0.3, 0.4) is 0 Å². The van der Waals surface area contributed by atoms with Gasteiger partial charge in [0.25, 0.3) is 0 Å². The number of aryl methyl sites for hydroxylation is 1. The first-order valence-electron chi connectivity index (χ1n) is 7.45. The third-order valence-electron chi connectivity index (χ3n) is 3.33. The van der Waals surface area contributed by atoms with Crippen molar-refractivity contribution >= 4 is 29.3 Å². The predicted octanol–water partition coefficient (Wildman–Crippen LogP) is 3.80. The summed E-state index contributed by atoms with van der Waals surface area (Å²) in [5.74, 6) is -0.173. The van der Waals surface area contributed by atoms with Gasteiger partial charge in [-0.2, -0.15) is 0 Å². The van der Waals surface area contributed by atoms with E-state index in [1.807, 2.05) is 24.3 Å². The van der Waals surface area contributed by atoms with Crippen LogP contribution in [0, 0.1) is 0 Å². The molecule has 2 amide bonds. The Morgan fingerprint density at radius 2 is 1.81 bits per heavy atom. The molecule has 1 atom stereocenters. The Kier molecular flexibility index (Phi) is 4.77. The van der Waals surface area contributed by atoms with Gasteiger partial charge in [0.1, 0.15) is 0 Å². The Morgan fingerprint density at radius 1 is 1.19 bits per heavy atom. The van der Waals surface area contributed by atoms with Crippen molar-refractivity contribution in [2.45, 2.75) is 57.0 Å². The van der Waals surface area contributed by atoms with E-state index >= 15 is 0 Å². The van der Waals surface area contributed by atoms with Crippen molar-refractivity contribution in [1.82, 2.24) is 0 Å². The van der Waals surface area contributed by atoms with E-state index in [2.05, 4.69) is 27.7 Å². The molecule has 0 radical (unpaired) electrons. The van der Waals surface area contributed by atoms with E-state index in [9.17, 15) is 9.59 Å². The van der Waals surface area contributed by atoms with Gasteiger partial charge >= 0.3 is 0 Å². The van der Waals surface area contributed by atoms with Crippen LogP contribution in [0.4, 0.5) is 5.69 Å². The van der Waals surface area contributed by atoms with Crippen molar-refractivity contribution in [2.75, 3.05) is 4.90 Å². The summed E-state index contributed by atoms with van der Waals surface area (Å²) in [5, 5.41) is -0.257. The Morgan fingerprint density at radius 3 is 2.33 bits per heavy atom. The first-order chi connectivity index (χ1) is 9.81. The molecular formula is C17H23NO2S. The molecule has 1 aromatic rings. The first-order valence-corrected chi connectivity index (χ1v) is 8.33. The fraction of sp³-hybridized carbons (Fsp3) is 0.529. The van der Waals surface area contributed by atoms with Crippen LogP contribution < -0.4 is 4.90 Å². The van der Waals surface area contributed by atoms with E-state index in [-0.39, 0.29) is 21.8 Å². The second-order valence-electron chi connectivity index (χ2n) is 6.41. The summed E-state index contributed by atoms with van der Waals surface area (Å²) in [5.41, 5.74) is 1.93. The highest BCUT2D eigenvalue weighted by molar-refractivity contribution is 8.02. The molecule has 1 aromatic carbocycles. The molecule has 1 fully saturated rings. The molecule has 0 N–H and O–H groups in total. The molecule has 4 heteroatoms. The lowest BCUT2D eigenvalue weighted by molar-refractivity contribution is -0.121. The highest BCUT2D eigenvalue weighted by Crippen LogP contribution is 2.36. The van der Waals surface area contributed by atoms with Gasteiger partial charge in [-0.3, -0.25) is 9.59 Å². The lowest BCUT2D eigenvalue weighted by Crippen LogP contribution is -2.32. The molecular weight excluding hydrogens is 282 g/mol. The zero-order valence-corrected chi connectivity index (χ0v) is 14.0. The molecule has 1 saturated heterocycles. The number of carbonyl (C=O) groups is 2. The number of hydrogen-bond donors (Lipinski definition) is 0. The quantitative estimate of drug-likeness (QED) is 0.794. The number of amides is 2. The lowest BCUT2D eigenvalue weighted by Gasteiger charge is -2.21. The van der Waals surface area contributed by atoms with Gasteiger partial charge < -0.3 is 0 Å². The van der Waals surface area contributed by atoms with Crippen LogP contribution in [0.25, 0.3) is 0 Å². The van der Waals surface area contributed by atoms with Crippen molar-refractivity contribution in [3.63, 3.8) is 0 Å². The van der Waals surface area contributed by atoms with Crippen molar-refractivity contribution in [2.24, 2.45) is 0 Å². The molecule has 0 spiro atoms. The molecule has 114 valence electrons. The second-order valence-corrected chi connectivity index (χ2v) is 8.44. The fourth-order valence-electron chi connectivity index (χ4n) is 2.49. The van der Waals surface area contributed by atoms with Crippen LogP contribution in [0.15, 0.2) is 24.3 Å². The summed E-state index contributed by atoms with van der Waals surface area (Å²) in [6.45, 7) is 8.34. The molecule has 1 unspecified atom stereocenters. The van der Waals surface area contributed by atoms with Crippen LogP contribution in [0.1, 0.15) is 46.1 Å². The summed E-state index contributed by atoms with van der Waals surface area (Å²) in [6, 6.07) is 7.77. The largest absolute Gasteiger partial charge is 0.274 e. The van der Waals surface area contributed by atoms with E-state index in [4.69, 9.17) is 0 Å². The SMILES string of the molecule is CCCc1ccc(N2C(=O)CC(SC(C)(C)C)C2=O)cc1. The standard InChI is InChI=1S/C17H23NO2S/c1-5-6-12-7-9-13(10-8-12)18-15(19)11-14(16(18)20)21-17(2,3)4/h7-10,14H,5-6,11H2,1-4H3. The van der Waals surface area contributed by atoms with E-state index < -0.39 is 0 Å². The third kappa shape index (κ3) is 3.88. The fourth-order valence-corrected chi connectivity index (χ4v) is 3.78. The van der Waals surface area contributed by atoms with Gasteiger partial charge in [0, 0.05) is 11.2 Å². The van der Waals surface area contributed by atoms with Gasteiger partial charge in [0.2, 0.25) is 11.8 Å². The van der Waals surface area contributed by atoms with Gasteiger partial charge in [-0.1, -0.05) is 46.2 Å². The van der Waals surface area contributed by atoms with Crippen LogP contribution in [-0.2, 0) is 16.0 Å². The summed E-state index contributed by atoms with van der Waals surface area (Å²) >= 11 is 1.57. The van der Waals surface area contributed by atoms with Crippen LogP contribution in [0.5, 0.6) is 0 Å². The number of hydrogen-bond acceptors (Lipinski definition) is 3. The summed E-state index contributed by atoms with van der Waals surface area (Å²) in [7, 11) is 0. The molecule has 1 aliphatic heterocycles. The normalized spacial score (nSPS) is 19.4. The minimum absolute atomic E-state index is 0.0262. The maximum atomic E-state index is 12.5. The number of imide groups is 1. The van der Waals surface area contributed by atoms with Crippen LogP contribution in [-0.4, -0.2) is 21.8 Å². The van der Waals surface area contributed by atoms with Crippen molar-refractivity contribution in [1.29, 1.82) is 0 Å². The first kappa shape index (κ1) is 16.1. The molecule has 1 aliphatic rings.